The lowest BCUT2D eigenvalue weighted by atomic mass is 10.2. The highest BCUT2D eigenvalue weighted by atomic mass is 32.1. The number of hydrogen-bond donors (Lipinski definition) is 0. The van der Waals surface area contributed by atoms with Gasteiger partial charge in [0.2, 0.25) is 40.0 Å². The monoisotopic (exact) mass is 578 g/mol. The number of carbonyl (C=O) groups excluding carboxylic acids is 1. The summed E-state index contributed by atoms with van der Waals surface area (Å²) in [4.78, 5) is 19.0. The number of ether oxygens (including phenoxy) is 3. The summed E-state index contributed by atoms with van der Waals surface area (Å²) < 4.78 is 84.0. The highest BCUT2D eigenvalue weighted by molar-refractivity contribution is 7.21. The van der Waals surface area contributed by atoms with E-state index in [9.17, 15) is 26.7 Å². The molecule has 0 aliphatic carbocycles. The maximum Gasteiger partial charge on any atom is 0.343 e. The van der Waals surface area contributed by atoms with Gasteiger partial charge in [-0.3, -0.25) is 0 Å². The third kappa shape index (κ3) is 5.01. The Labute approximate surface area is 227 Å². The number of thiazole rings is 1. The molecule has 0 saturated carbocycles. The number of esters is 1. The first kappa shape index (κ1) is 27.2. The molecule has 1 saturated heterocycles. The van der Waals surface area contributed by atoms with Gasteiger partial charge in [-0.1, -0.05) is 11.3 Å². The van der Waals surface area contributed by atoms with Crippen molar-refractivity contribution in [3.05, 3.63) is 65.0 Å². The topological polar surface area (TPSA) is 85.6 Å². The van der Waals surface area contributed by atoms with Gasteiger partial charge in [0.05, 0.1) is 35.7 Å². The van der Waals surface area contributed by atoms with Gasteiger partial charge >= 0.3 is 5.97 Å². The Kier molecular flexibility index (Phi) is 7.52. The van der Waals surface area contributed by atoms with Gasteiger partial charge < -0.3 is 19.1 Å². The summed E-state index contributed by atoms with van der Waals surface area (Å²) in [5.74, 6) is -13.3. The minimum atomic E-state index is -2.36. The molecule has 5 rings (SSSR count). The largest absolute Gasteiger partial charge is 0.494 e. The number of rotatable bonds is 7. The predicted molar refractivity (Wildman–Crippen MR) is 136 cm³/mol. The Balaban J connectivity index is 1.40. The fourth-order valence-corrected chi connectivity index (χ4v) is 4.98. The van der Waals surface area contributed by atoms with E-state index in [2.05, 4.69) is 24.8 Å². The zero-order valence-electron chi connectivity index (χ0n) is 20.9. The van der Waals surface area contributed by atoms with Crippen molar-refractivity contribution in [1.29, 1.82) is 0 Å². The molecule has 0 bridgehead atoms. The lowest BCUT2D eigenvalue weighted by Gasteiger charge is -2.21. The van der Waals surface area contributed by atoms with Gasteiger partial charge in [-0.05, 0) is 31.0 Å². The third-order valence-corrected chi connectivity index (χ3v) is 7.05. The summed E-state index contributed by atoms with van der Waals surface area (Å²) in [7, 11) is 3.07. The number of halogens is 5. The molecule has 0 radical (unpaired) electrons. The summed E-state index contributed by atoms with van der Waals surface area (Å²) in [6.07, 6.45) is 2.17. The molecule has 0 unspecified atom stereocenters. The third-order valence-electron chi connectivity index (χ3n) is 6.15. The second-order valence-electron chi connectivity index (χ2n) is 8.56. The van der Waals surface area contributed by atoms with Crippen LogP contribution in [0.2, 0.25) is 0 Å². The van der Waals surface area contributed by atoms with E-state index < -0.39 is 40.8 Å². The molecule has 1 fully saturated rings. The Morgan fingerprint density at radius 3 is 2.17 bits per heavy atom. The average Bonchev–Trinajstić information content (AvgIpc) is 3.65. The summed E-state index contributed by atoms with van der Waals surface area (Å²) in [5, 5.41) is 8.63. The van der Waals surface area contributed by atoms with Crippen molar-refractivity contribution < 1.29 is 41.0 Å². The standard InChI is InChI=1S/C26H19F5N4O4S/c1-37-16-11-15(35-7-3-4-8-35)17(38-2)10-14(16)33-34-26-32-13-6-5-12(9-18(13)40-26)25(36)39-24-22(30)20(28)19(27)21(29)23(24)31/h5-6,9-11H,3-4,7-8H2,1-2H3. The van der Waals surface area contributed by atoms with Gasteiger partial charge in [0, 0.05) is 25.2 Å². The number of anilines is 1. The van der Waals surface area contributed by atoms with Crippen LogP contribution in [0.5, 0.6) is 17.2 Å². The number of aromatic nitrogens is 1. The van der Waals surface area contributed by atoms with E-state index in [-0.39, 0.29) is 10.7 Å². The Hall–Kier alpha value is -4.33. The minimum absolute atomic E-state index is 0.213. The molecular weight excluding hydrogens is 559 g/mol. The van der Waals surface area contributed by atoms with Crippen LogP contribution in [0, 0.1) is 29.1 Å². The number of azo groups is 1. The van der Waals surface area contributed by atoms with E-state index in [0.717, 1.165) is 43.0 Å². The summed E-state index contributed by atoms with van der Waals surface area (Å²) >= 11 is 1.04. The zero-order chi connectivity index (χ0) is 28.6. The van der Waals surface area contributed by atoms with Crippen LogP contribution in [-0.4, -0.2) is 38.3 Å². The minimum Gasteiger partial charge on any atom is -0.494 e. The van der Waals surface area contributed by atoms with Gasteiger partial charge in [0.15, 0.2) is 0 Å². The molecule has 1 aromatic heterocycles. The highest BCUT2D eigenvalue weighted by Crippen LogP contribution is 2.42. The van der Waals surface area contributed by atoms with E-state index in [1.807, 2.05) is 6.07 Å². The first-order chi connectivity index (χ1) is 19.2. The van der Waals surface area contributed by atoms with Crippen LogP contribution in [0.1, 0.15) is 23.2 Å². The molecule has 2 heterocycles. The molecule has 1 aliphatic rings. The second kappa shape index (κ2) is 11.0. The van der Waals surface area contributed by atoms with Crippen LogP contribution < -0.4 is 19.1 Å². The van der Waals surface area contributed by atoms with Crippen molar-refractivity contribution in [2.24, 2.45) is 10.2 Å². The lowest BCUT2D eigenvalue weighted by molar-refractivity contribution is 0.0716. The van der Waals surface area contributed by atoms with Crippen molar-refractivity contribution in [2.75, 3.05) is 32.2 Å². The molecule has 4 aromatic rings. The fraction of sp³-hybridized carbons (Fsp3) is 0.231. The van der Waals surface area contributed by atoms with Crippen molar-refractivity contribution >= 4 is 44.0 Å². The molecule has 0 N–H and O–H groups in total. The normalized spacial score (nSPS) is 13.4. The molecule has 1 aliphatic heterocycles. The molecule has 8 nitrogen and oxygen atoms in total. The number of carbonyl (C=O) groups is 1. The van der Waals surface area contributed by atoms with E-state index >= 15 is 0 Å². The lowest BCUT2D eigenvalue weighted by Crippen LogP contribution is -2.18. The predicted octanol–water partition coefficient (Wildman–Crippen LogP) is 7.24. The maximum atomic E-state index is 13.9. The van der Waals surface area contributed by atoms with Gasteiger partial charge in [0.25, 0.3) is 0 Å². The number of nitrogens with zero attached hydrogens (tertiary/aromatic N) is 4. The molecule has 3 aromatic carbocycles. The molecule has 0 spiro atoms. The van der Waals surface area contributed by atoms with Crippen molar-refractivity contribution in [1.82, 2.24) is 4.98 Å². The Bertz CT molecular complexity index is 1630. The van der Waals surface area contributed by atoms with Crippen LogP contribution in [0.4, 0.5) is 38.5 Å². The summed E-state index contributed by atoms with van der Waals surface area (Å²) in [5.41, 5.74) is 1.49. The number of fused-ring (bicyclic) bond motifs is 1. The van der Waals surface area contributed by atoms with Crippen molar-refractivity contribution in [3.8, 4) is 17.2 Å². The number of methoxy groups -OCH3 is 2. The van der Waals surface area contributed by atoms with Crippen LogP contribution in [0.15, 0.2) is 40.6 Å². The molecule has 0 amide bonds. The molecule has 0 atom stereocenters. The van der Waals surface area contributed by atoms with Gasteiger partial charge in [-0.25, -0.2) is 22.9 Å². The summed E-state index contributed by atoms with van der Waals surface area (Å²) in [6, 6.07) is 7.46. The van der Waals surface area contributed by atoms with E-state index in [1.54, 1.807) is 13.2 Å². The molecule has 40 heavy (non-hydrogen) atoms. The SMILES string of the molecule is COc1cc(N2CCCC2)c(OC)cc1N=Nc1nc2ccc(C(=O)Oc3c(F)c(F)c(F)c(F)c3F)cc2s1. The van der Waals surface area contributed by atoms with Crippen LogP contribution in [-0.2, 0) is 0 Å². The van der Waals surface area contributed by atoms with Gasteiger partial charge in [0.1, 0.15) is 17.2 Å². The smallest absolute Gasteiger partial charge is 0.343 e. The Morgan fingerprint density at radius 1 is 0.875 bits per heavy atom. The van der Waals surface area contributed by atoms with Crippen LogP contribution in [0.25, 0.3) is 10.2 Å². The highest BCUT2D eigenvalue weighted by Gasteiger charge is 2.29. The maximum absolute atomic E-state index is 13.9. The van der Waals surface area contributed by atoms with Gasteiger partial charge in [-0.15, -0.1) is 10.2 Å². The fourth-order valence-electron chi connectivity index (χ4n) is 4.15. The average molecular weight is 579 g/mol. The number of hydrogen-bond acceptors (Lipinski definition) is 9. The first-order valence-corrected chi connectivity index (χ1v) is 12.6. The van der Waals surface area contributed by atoms with Gasteiger partial charge in [-0.2, -0.15) is 8.78 Å². The van der Waals surface area contributed by atoms with E-state index in [4.69, 9.17) is 9.47 Å². The second-order valence-corrected chi connectivity index (χ2v) is 9.57. The number of benzene rings is 3. The van der Waals surface area contributed by atoms with Crippen molar-refractivity contribution in [3.63, 3.8) is 0 Å². The molecular formula is C26H19F5N4O4S. The van der Waals surface area contributed by atoms with Crippen LogP contribution >= 0.6 is 11.3 Å². The molecule has 208 valence electrons. The first-order valence-electron chi connectivity index (χ1n) is 11.8. The van der Waals surface area contributed by atoms with E-state index in [0.29, 0.717) is 27.4 Å². The zero-order valence-corrected chi connectivity index (χ0v) is 21.8. The molecule has 14 heteroatoms. The van der Waals surface area contributed by atoms with Crippen molar-refractivity contribution in [2.45, 2.75) is 12.8 Å². The Morgan fingerprint density at radius 2 is 1.52 bits per heavy atom. The van der Waals surface area contributed by atoms with Crippen LogP contribution in [0.3, 0.4) is 0 Å². The quantitative estimate of drug-likeness (QED) is 0.0574. The summed E-state index contributed by atoms with van der Waals surface area (Å²) in [6.45, 7) is 1.81. The van der Waals surface area contributed by atoms with E-state index in [1.165, 1.54) is 25.3 Å².